The minimum Gasteiger partial charge on any atom is -1.00 e. The van der Waals surface area contributed by atoms with Crippen molar-refractivity contribution < 1.29 is 33.5 Å². The molecule has 0 saturated heterocycles. The van der Waals surface area contributed by atoms with Gasteiger partial charge in [-0.15, -0.1) is 0 Å². The Morgan fingerprint density at radius 2 is 1.77 bits per heavy atom. The summed E-state index contributed by atoms with van der Waals surface area (Å²) in [4.78, 5) is 12.0. The van der Waals surface area contributed by atoms with E-state index < -0.39 is 0 Å². The van der Waals surface area contributed by atoms with E-state index in [1.165, 1.54) is 5.56 Å². The Morgan fingerprint density at radius 1 is 1.09 bits per heavy atom. The number of anilines is 1. The molecule has 0 unspecified atom stereocenters. The summed E-state index contributed by atoms with van der Waals surface area (Å²) < 4.78 is 1.64. The van der Waals surface area contributed by atoms with Crippen molar-refractivity contribution in [2.45, 2.75) is 13.5 Å². The summed E-state index contributed by atoms with van der Waals surface area (Å²) in [7, 11) is 0. The lowest BCUT2D eigenvalue weighted by Crippen LogP contribution is -3.00. The number of aryl methyl sites for hydroxylation is 1. The van der Waals surface area contributed by atoms with Gasteiger partial charge in [0, 0.05) is 16.5 Å². The van der Waals surface area contributed by atoms with Gasteiger partial charge in [-0.25, -0.2) is 0 Å². The average molecular weight is 405 g/mol. The first kappa shape index (κ1) is 16.4. The van der Waals surface area contributed by atoms with E-state index in [1.807, 2.05) is 61.7 Å². The predicted molar refractivity (Wildman–Crippen MR) is 81.7 cm³/mol. The summed E-state index contributed by atoms with van der Waals surface area (Å²) in [5.74, 6) is -0.0911. The van der Waals surface area contributed by atoms with E-state index in [0.717, 1.165) is 16.5 Å². The number of aromatic nitrogens is 2. The van der Waals surface area contributed by atoms with E-state index in [2.05, 4.69) is 10.4 Å². The zero-order chi connectivity index (χ0) is 14.7. The maximum absolute atomic E-state index is 12.0. The molecule has 0 radical (unpaired) electrons. The van der Waals surface area contributed by atoms with E-state index in [9.17, 15) is 4.79 Å². The number of carbonyl (C=O) groups is 1. The summed E-state index contributed by atoms with van der Waals surface area (Å²) in [6.07, 6.45) is 3.65. The number of rotatable bonds is 3. The van der Waals surface area contributed by atoms with Crippen LogP contribution >= 0.6 is 0 Å². The fourth-order valence-corrected chi connectivity index (χ4v) is 2.15. The zero-order valence-corrected chi connectivity index (χ0v) is 14.3. The molecule has 0 saturated carbocycles. The van der Waals surface area contributed by atoms with Crippen LogP contribution in [0.3, 0.4) is 0 Å². The van der Waals surface area contributed by atoms with Crippen molar-refractivity contribution in [3.8, 4) is 0 Å². The molecule has 5 heteroatoms. The maximum atomic E-state index is 12.0. The Bertz CT molecular complexity index is 787. The smallest absolute Gasteiger partial charge is 0.292 e. The summed E-state index contributed by atoms with van der Waals surface area (Å²) in [5, 5.41) is 9.25. The first-order valence-electron chi connectivity index (χ1n) is 6.82. The predicted octanol–water partition coefficient (Wildman–Crippen LogP) is -0.527. The van der Waals surface area contributed by atoms with Gasteiger partial charge >= 0.3 is 0 Å². The number of fused-ring (bicyclic) bond motifs is 1. The molecule has 0 aliphatic heterocycles. The van der Waals surface area contributed by atoms with Crippen molar-refractivity contribution in [1.29, 1.82) is 0 Å². The SMILES string of the molecule is Cc1ccc(NC(=O)C[n+]2cc3ccccc3cn2)cc1.[I-]. The van der Waals surface area contributed by atoms with E-state index in [0.29, 0.717) is 0 Å². The summed E-state index contributed by atoms with van der Waals surface area (Å²) in [6, 6.07) is 15.7. The molecule has 3 aromatic rings. The number of benzene rings is 2. The highest BCUT2D eigenvalue weighted by molar-refractivity contribution is 5.89. The Hall–Kier alpha value is -2.02. The molecule has 1 amide bonds. The Balaban J connectivity index is 0.00000176. The van der Waals surface area contributed by atoms with Gasteiger partial charge in [0.2, 0.25) is 6.20 Å². The molecule has 0 atom stereocenters. The molecular formula is C17H16IN3O. The Labute approximate surface area is 146 Å². The summed E-state index contributed by atoms with van der Waals surface area (Å²) >= 11 is 0. The van der Waals surface area contributed by atoms with Crippen LogP contribution in [-0.4, -0.2) is 11.0 Å². The number of hydrogen-bond donors (Lipinski definition) is 1. The van der Waals surface area contributed by atoms with Crippen molar-refractivity contribution >= 4 is 22.4 Å². The molecule has 1 N–H and O–H groups in total. The van der Waals surface area contributed by atoms with Crippen molar-refractivity contribution in [3.05, 3.63) is 66.5 Å². The van der Waals surface area contributed by atoms with Gasteiger partial charge in [-0.3, -0.25) is 4.79 Å². The second kappa shape index (κ2) is 7.31. The molecule has 4 nitrogen and oxygen atoms in total. The third-order valence-corrected chi connectivity index (χ3v) is 3.27. The molecule has 0 aliphatic rings. The van der Waals surface area contributed by atoms with Gasteiger partial charge in [0.25, 0.3) is 12.5 Å². The largest absolute Gasteiger partial charge is 1.00 e. The molecule has 112 valence electrons. The average Bonchev–Trinajstić information content (AvgIpc) is 2.49. The summed E-state index contributed by atoms with van der Waals surface area (Å²) in [6.45, 7) is 2.21. The molecule has 1 aromatic heterocycles. The van der Waals surface area contributed by atoms with E-state index in [1.54, 1.807) is 10.9 Å². The molecule has 22 heavy (non-hydrogen) atoms. The maximum Gasteiger partial charge on any atom is 0.292 e. The highest BCUT2D eigenvalue weighted by Gasteiger charge is 2.12. The van der Waals surface area contributed by atoms with Gasteiger partial charge in [-0.1, -0.05) is 40.6 Å². The van der Waals surface area contributed by atoms with Crippen molar-refractivity contribution in [1.82, 2.24) is 5.10 Å². The minimum atomic E-state index is -0.0911. The van der Waals surface area contributed by atoms with Crippen LogP contribution in [0.25, 0.3) is 10.8 Å². The second-order valence-corrected chi connectivity index (χ2v) is 5.01. The van der Waals surface area contributed by atoms with Crippen LogP contribution in [0.1, 0.15) is 5.56 Å². The van der Waals surface area contributed by atoms with Crippen molar-refractivity contribution in [2.24, 2.45) is 0 Å². The van der Waals surface area contributed by atoms with E-state index >= 15 is 0 Å². The number of nitrogens with one attached hydrogen (secondary N) is 1. The molecular weight excluding hydrogens is 389 g/mol. The monoisotopic (exact) mass is 405 g/mol. The van der Waals surface area contributed by atoms with Gasteiger partial charge in [-0.05, 0) is 30.2 Å². The lowest BCUT2D eigenvalue weighted by molar-refractivity contribution is -0.740. The lowest BCUT2D eigenvalue weighted by atomic mass is 10.2. The van der Waals surface area contributed by atoms with E-state index in [4.69, 9.17) is 0 Å². The summed E-state index contributed by atoms with van der Waals surface area (Å²) in [5.41, 5.74) is 1.96. The van der Waals surface area contributed by atoms with Crippen LogP contribution in [0.15, 0.2) is 60.9 Å². The number of carbonyl (C=O) groups excluding carboxylic acids is 1. The molecule has 2 aromatic carbocycles. The third-order valence-electron chi connectivity index (χ3n) is 3.27. The quantitative estimate of drug-likeness (QED) is 0.471. The third kappa shape index (κ3) is 4.00. The molecule has 0 aliphatic carbocycles. The fourth-order valence-electron chi connectivity index (χ4n) is 2.15. The highest BCUT2D eigenvalue weighted by Crippen LogP contribution is 2.09. The highest BCUT2D eigenvalue weighted by atomic mass is 127. The van der Waals surface area contributed by atoms with Gasteiger partial charge in [0.15, 0.2) is 0 Å². The molecule has 0 fully saturated rings. The van der Waals surface area contributed by atoms with Crippen LogP contribution in [0.4, 0.5) is 5.69 Å². The topological polar surface area (TPSA) is 45.9 Å². The molecule has 0 bridgehead atoms. The van der Waals surface area contributed by atoms with Crippen LogP contribution in [0, 0.1) is 6.92 Å². The van der Waals surface area contributed by atoms with E-state index in [-0.39, 0.29) is 36.4 Å². The normalized spacial score (nSPS) is 10.0. The Morgan fingerprint density at radius 3 is 2.50 bits per heavy atom. The van der Waals surface area contributed by atoms with Crippen molar-refractivity contribution in [2.75, 3.05) is 5.32 Å². The number of hydrogen-bond acceptors (Lipinski definition) is 2. The van der Waals surface area contributed by atoms with Crippen LogP contribution in [-0.2, 0) is 11.3 Å². The first-order valence-corrected chi connectivity index (χ1v) is 6.82. The van der Waals surface area contributed by atoms with Crippen molar-refractivity contribution in [3.63, 3.8) is 0 Å². The number of nitrogens with zero attached hydrogens (tertiary/aromatic N) is 2. The van der Waals surface area contributed by atoms with Crippen LogP contribution in [0.5, 0.6) is 0 Å². The molecule has 1 heterocycles. The fraction of sp³-hybridized carbons (Fsp3) is 0.118. The van der Waals surface area contributed by atoms with Gasteiger partial charge in [0.1, 0.15) is 6.20 Å². The zero-order valence-electron chi connectivity index (χ0n) is 12.2. The lowest BCUT2D eigenvalue weighted by Gasteiger charge is -2.03. The second-order valence-electron chi connectivity index (χ2n) is 5.01. The number of amides is 1. The standard InChI is InChI=1S/C17H15N3O.HI/c1-13-6-8-16(9-7-13)19-17(21)12-20-11-15-5-3-2-4-14(15)10-18-20;/h2-11H,12H2,1H3;1H. The van der Waals surface area contributed by atoms with Gasteiger partial charge < -0.3 is 29.3 Å². The number of halogens is 1. The van der Waals surface area contributed by atoms with Crippen LogP contribution < -0.4 is 34.0 Å². The minimum absolute atomic E-state index is 0. The first-order chi connectivity index (χ1) is 10.2. The molecule has 3 rings (SSSR count). The Kier molecular flexibility index (Phi) is 5.43. The molecule has 0 spiro atoms. The van der Waals surface area contributed by atoms with Crippen LogP contribution in [0.2, 0.25) is 0 Å². The van der Waals surface area contributed by atoms with Gasteiger partial charge in [0.05, 0.1) is 0 Å². The van der Waals surface area contributed by atoms with Gasteiger partial charge in [-0.2, -0.15) is 0 Å².